The van der Waals surface area contributed by atoms with Crippen LogP contribution in [0.3, 0.4) is 0 Å². The molecule has 0 radical (unpaired) electrons. The normalized spacial score (nSPS) is 13.7. The van der Waals surface area contributed by atoms with Crippen LogP contribution < -0.4 is 33.2 Å². The maximum absolute atomic E-state index is 13.1. The van der Waals surface area contributed by atoms with E-state index in [0.717, 1.165) is 5.56 Å². The number of phenols is 1. The molecule has 2 aromatic carbocycles. The number of guanidine groups is 1. The van der Waals surface area contributed by atoms with Gasteiger partial charge < -0.3 is 43.4 Å². The summed E-state index contributed by atoms with van der Waals surface area (Å²) in [5.41, 5.74) is 18.2. The van der Waals surface area contributed by atoms with Gasteiger partial charge in [0.25, 0.3) is 0 Å². The zero-order valence-electron chi connectivity index (χ0n) is 22.2. The summed E-state index contributed by atoms with van der Waals surface area (Å²) in [6.45, 7) is 1.61. The van der Waals surface area contributed by atoms with Crippen LogP contribution in [-0.4, -0.2) is 70.6 Å². The average molecular weight is 556 g/mol. The molecule has 0 bridgehead atoms. The molecule has 0 saturated heterocycles. The van der Waals surface area contributed by atoms with Gasteiger partial charge in [0.2, 0.25) is 17.7 Å². The van der Waals surface area contributed by atoms with Crippen molar-refractivity contribution in [3.63, 3.8) is 0 Å². The van der Waals surface area contributed by atoms with Crippen molar-refractivity contribution in [2.24, 2.45) is 22.2 Å². The Hall–Kier alpha value is -4.65. The summed E-state index contributed by atoms with van der Waals surface area (Å²) >= 11 is 0. The van der Waals surface area contributed by atoms with Gasteiger partial charge in [-0.05, 0) is 49.4 Å². The van der Waals surface area contributed by atoms with Crippen LogP contribution in [0.5, 0.6) is 5.75 Å². The number of carbonyl (C=O) groups is 4. The lowest BCUT2D eigenvalue weighted by molar-refractivity contribution is -0.142. The molecule has 0 aliphatic carbocycles. The number of carboxylic acid groups (broad SMARTS) is 1. The molecule has 2 rings (SSSR count). The van der Waals surface area contributed by atoms with Gasteiger partial charge in [-0.25, -0.2) is 4.79 Å². The highest BCUT2D eigenvalue weighted by Crippen LogP contribution is 2.11. The lowest BCUT2D eigenvalue weighted by Gasteiger charge is -2.23. The third-order valence-electron chi connectivity index (χ3n) is 5.96. The number of hydrogen-bond acceptors (Lipinski definition) is 7. The van der Waals surface area contributed by atoms with Gasteiger partial charge in [0.05, 0.1) is 6.04 Å². The van der Waals surface area contributed by atoms with Gasteiger partial charge >= 0.3 is 5.97 Å². The van der Waals surface area contributed by atoms with Gasteiger partial charge in [-0.3, -0.25) is 19.4 Å². The molecular formula is C27H37N7O6. The number of benzene rings is 2. The van der Waals surface area contributed by atoms with Gasteiger partial charge in [0, 0.05) is 13.0 Å². The molecule has 0 heterocycles. The van der Waals surface area contributed by atoms with Gasteiger partial charge in [0.15, 0.2) is 5.96 Å². The van der Waals surface area contributed by atoms with E-state index in [0.29, 0.717) is 12.0 Å². The predicted molar refractivity (Wildman–Crippen MR) is 149 cm³/mol. The molecule has 216 valence electrons. The second kappa shape index (κ2) is 15.7. The van der Waals surface area contributed by atoms with Crippen molar-refractivity contribution in [3.05, 3.63) is 65.7 Å². The van der Waals surface area contributed by atoms with Crippen molar-refractivity contribution in [1.29, 1.82) is 0 Å². The van der Waals surface area contributed by atoms with E-state index in [1.165, 1.54) is 19.1 Å². The van der Waals surface area contributed by atoms with Crippen LogP contribution >= 0.6 is 0 Å². The lowest BCUT2D eigenvalue weighted by atomic mass is 10.0. The van der Waals surface area contributed by atoms with Crippen LogP contribution in [0.15, 0.2) is 59.6 Å². The minimum Gasteiger partial charge on any atom is -0.508 e. The number of nitrogens with one attached hydrogen (secondary N) is 3. The Bertz CT molecular complexity index is 1170. The van der Waals surface area contributed by atoms with Crippen LogP contribution in [-0.2, 0) is 32.0 Å². The minimum absolute atomic E-state index is 0.0605. The second-order valence-corrected chi connectivity index (χ2v) is 9.31. The number of aliphatic imine (C=N–C) groups is 1. The molecule has 13 heteroatoms. The number of rotatable bonds is 15. The number of aromatic hydroxyl groups is 1. The Morgan fingerprint density at radius 1 is 0.825 bits per heavy atom. The monoisotopic (exact) mass is 555 g/mol. The number of hydrogen-bond donors (Lipinski definition) is 8. The SMILES string of the molecule is CC(NC(=O)C(CCCN=C(N)N)NC(=O)C(N)Cc1ccc(O)cc1)C(=O)NC(Cc1ccccc1)C(=O)O. The fraction of sp³-hybridized carbons (Fsp3) is 0.370. The third-order valence-corrected chi connectivity index (χ3v) is 5.96. The topological polar surface area (TPSA) is 235 Å². The van der Waals surface area contributed by atoms with E-state index in [4.69, 9.17) is 17.2 Å². The molecule has 3 amide bonds. The van der Waals surface area contributed by atoms with Gasteiger partial charge in [-0.2, -0.15) is 0 Å². The Morgan fingerprint density at radius 2 is 1.43 bits per heavy atom. The Balaban J connectivity index is 2.03. The molecule has 0 aliphatic rings. The van der Waals surface area contributed by atoms with Crippen molar-refractivity contribution < 1.29 is 29.4 Å². The summed E-state index contributed by atoms with van der Waals surface area (Å²) in [5, 5.41) is 26.6. The third kappa shape index (κ3) is 11.0. The summed E-state index contributed by atoms with van der Waals surface area (Å²) in [5.74, 6) is -3.22. The minimum atomic E-state index is -1.22. The van der Waals surface area contributed by atoms with Crippen LogP contribution in [0.4, 0.5) is 0 Å². The van der Waals surface area contributed by atoms with Crippen molar-refractivity contribution in [2.45, 2.75) is 56.8 Å². The van der Waals surface area contributed by atoms with E-state index in [2.05, 4.69) is 20.9 Å². The highest BCUT2D eigenvalue weighted by atomic mass is 16.4. The van der Waals surface area contributed by atoms with E-state index >= 15 is 0 Å². The number of nitrogens with zero attached hydrogens (tertiary/aromatic N) is 1. The first kappa shape index (κ1) is 31.6. The molecule has 0 saturated carbocycles. The summed E-state index contributed by atoms with van der Waals surface area (Å²) in [4.78, 5) is 54.2. The molecule has 0 aliphatic heterocycles. The Morgan fingerprint density at radius 3 is 2.02 bits per heavy atom. The van der Waals surface area contributed by atoms with Gasteiger partial charge in [-0.1, -0.05) is 42.5 Å². The Kier molecular flexibility index (Phi) is 12.4. The first-order chi connectivity index (χ1) is 19.0. The number of phenolic OH excluding ortho intramolecular Hbond substituents is 1. The summed E-state index contributed by atoms with van der Waals surface area (Å²) < 4.78 is 0. The zero-order chi connectivity index (χ0) is 29.7. The lowest BCUT2D eigenvalue weighted by Crippen LogP contribution is -2.56. The molecule has 11 N–H and O–H groups in total. The maximum atomic E-state index is 13.1. The van der Waals surface area contributed by atoms with Crippen LogP contribution in [0.25, 0.3) is 0 Å². The number of carboxylic acids is 1. The largest absolute Gasteiger partial charge is 0.508 e. The van der Waals surface area contributed by atoms with Gasteiger partial charge in [-0.15, -0.1) is 0 Å². The zero-order valence-corrected chi connectivity index (χ0v) is 22.2. The predicted octanol–water partition coefficient (Wildman–Crippen LogP) is -0.883. The van der Waals surface area contributed by atoms with Crippen LogP contribution in [0.1, 0.15) is 30.9 Å². The van der Waals surface area contributed by atoms with E-state index in [1.807, 2.05) is 0 Å². The van der Waals surface area contributed by atoms with E-state index in [-0.39, 0.29) is 37.5 Å². The van der Waals surface area contributed by atoms with Crippen molar-refractivity contribution >= 4 is 29.7 Å². The summed E-state index contributed by atoms with van der Waals surface area (Å²) in [6.07, 6.45) is 0.693. The molecule has 2 aromatic rings. The number of nitrogens with two attached hydrogens (primary N) is 3. The second-order valence-electron chi connectivity index (χ2n) is 9.31. The number of aliphatic carboxylic acids is 1. The average Bonchev–Trinajstić information content (AvgIpc) is 2.91. The molecule has 40 heavy (non-hydrogen) atoms. The summed E-state index contributed by atoms with van der Waals surface area (Å²) in [7, 11) is 0. The first-order valence-electron chi connectivity index (χ1n) is 12.7. The fourth-order valence-electron chi connectivity index (χ4n) is 3.76. The smallest absolute Gasteiger partial charge is 0.326 e. The molecular weight excluding hydrogens is 518 g/mol. The maximum Gasteiger partial charge on any atom is 0.326 e. The summed E-state index contributed by atoms with van der Waals surface area (Å²) in [6, 6.07) is 10.6. The number of amides is 3. The number of carbonyl (C=O) groups excluding carboxylic acids is 3. The molecule has 4 atom stereocenters. The van der Waals surface area contributed by atoms with Crippen LogP contribution in [0, 0.1) is 0 Å². The van der Waals surface area contributed by atoms with Crippen molar-refractivity contribution in [3.8, 4) is 5.75 Å². The Labute approximate surface area is 232 Å². The highest BCUT2D eigenvalue weighted by Gasteiger charge is 2.28. The standard InChI is InChI=1S/C27H37N7O6/c1-16(23(36)34-22(26(39)40)15-17-6-3-2-4-7-17)32-25(38)21(8-5-13-31-27(29)30)33-24(37)20(28)14-18-9-11-19(35)12-10-18/h2-4,6-7,9-12,16,20-22,35H,5,8,13-15,28H2,1H3,(H,32,38)(H,33,37)(H,34,36)(H,39,40)(H4,29,30,31). The molecule has 0 fully saturated rings. The van der Waals surface area contributed by atoms with E-state index in [1.54, 1.807) is 42.5 Å². The van der Waals surface area contributed by atoms with Crippen LogP contribution in [0.2, 0.25) is 0 Å². The highest BCUT2D eigenvalue weighted by molar-refractivity contribution is 5.94. The van der Waals surface area contributed by atoms with E-state index < -0.39 is 47.9 Å². The van der Waals surface area contributed by atoms with Crippen molar-refractivity contribution in [1.82, 2.24) is 16.0 Å². The molecule has 0 aromatic heterocycles. The fourth-order valence-corrected chi connectivity index (χ4v) is 3.76. The molecule has 4 unspecified atom stereocenters. The molecule has 0 spiro atoms. The van der Waals surface area contributed by atoms with Gasteiger partial charge in [0.1, 0.15) is 23.9 Å². The van der Waals surface area contributed by atoms with E-state index in [9.17, 15) is 29.4 Å². The first-order valence-corrected chi connectivity index (χ1v) is 12.7. The molecule has 13 nitrogen and oxygen atoms in total. The quantitative estimate of drug-likeness (QED) is 0.0772. The van der Waals surface area contributed by atoms with Crippen molar-refractivity contribution in [2.75, 3.05) is 6.54 Å².